The minimum absolute atomic E-state index is 0.125. The highest BCUT2D eigenvalue weighted by molar-refractivity contribution is 14.2. The molecule has 0 aliphatic carbocycles. The van der Waals surface area contributed by atoms with Crippen molar-refractivity contribution in [2.45, 2.75) is 31.6 Å². The van der Waals surface area contributed by atoms with Gasteiger partial charge in [0.05, 0.1) is 36.6 Å². The number of ether oxygens (including phenoxy) is 1. The maximum atomic E-state index is 12.8. The van der Waals surface area contributed by atoms with Gasteiger partial charge in [-0.05, 0) is 77.5 Å². The van der Waals surface area contributed by atoms with E-state index < -0.39 is 14.6 Å². The van der Waals surface area contributed by atoms with Crippen molar-refractivity contribution in [3.05, 3.63) is 27.6 Å². The van der Waals surface area contributed by atoms with Crippen molar-refractivity contribution in [2.75, 3.05) is 30.9 Å². The van der Waals surface area contributed by atoms with Crippen LogP contribution >= 0.6 is 51.0 Å². The summed E-state index contributed by atoms with van der Waals surface area (Å²) in [5.41, 5.74) is 2.23. The quantitative estimate of drug-likeness (QED) is 0.300. The van der Waals surface area contributed by atoms with Crippen molar-refractivity contribution in [1.29, 1.82) is 0 Å². The second kappa shape index (κ2) is 8.65. The van der Waals surface area contributed by atoms with Gasteiger partial charge in [-0.1, -0.05) is 0 Å². The van der Waals surface area contributed by atoms with E-state index in [0.717, 1.165) is 5.69 Å². The van der Waals surface area contributed by atoms with Gasteiger partial charge in [0, 0.05) is 18.4 Å². The molecule has 3 aromatic heterocycles. The first-order valence-corrected chi connectivity index (χ1v) is 16.6. The maximum Gasteiger partial charge on any atom is 0.181 e. The summed E-state index contributed by atoms with van der Waals surface area (Å²) in [5.74, 6) is 1.36. The lowest BCUT2D eigenvalue weighted by Crippen LogP contribution is -2.44. The SMILES string of the molecule is C[C@@H]1COCCN1c1cc(C(C)(C)S(C)(=O)=O)c2c(I)nc(-c3ccnn3PI)n2n1. The van der Waals surface area contributed by atoms with Crippen LogP contribution in [0.3, 0.4) is 0 Å². The summed E-state index contributed by atoms with van der Waals surface area (Å²) >= 11 is 4.44. The Morgan fingerprint density at radius 3 is 2.74 bits per heavy atom. The third-order valence-corrected chi connectivity index (χ3v) is 10.4. The van der Waals surface area contributed by atoms with Crippen LogP contribution < -0.4 is 4.90 Å². The fraction of sp³-hybridized carbons (Fsp3) is 0.500. The molecular formula is C18H23I2N6O3PS. The molecule has 13 heteroatoms. The van der Waals surface area contributed by atoms with Gasteiger partial charge in [-0.25, -0.2) is 22.4 Å². The van der Waals surface area contributed by atoms with E-state index in [9.17, 15) is 8.42 Å². The first-order valence-electron chi connectivity index (χ1n) is 9.61. The molecule has 1 unspecified atom stereocenters. The molecular weight excluding hydrogens is 665 g/mol. The molecule has 0 spiro atoms. The van der Waals surface area contributed by atoms with Gasteiger partial charge in [-0.3, -0.25) is 0 Å². The maximum absolute atomic E-state index is 12.8. The second-order valence-electron chi connectivity index (χ2n) is 8.02. The van der Waals surface area contributed by atoms with Crippen molar-refractivity contribution in [2.24, 2.45) is 0 Å². The van der Waals surface area contributed by atoms with Gasteiger partial charge >= 0.3 is 0 Å². The molecule has 0 amide bonds. The zero-order chi connectivity index (χ0) is 22.6. The van der Waals surface area contributed by atoms with Crippen LogP contribution in [0.2, 0.25) is 0 Å². The Hall–Kier alpha value is -0.570. The molecule has 1 saturated heterocycles. The lowest BCUT2D eigenvalue weighted by atomic mass is 10.0. The molecule has 1 aliphatic rings. The number of hydrogen-bond donors (Lipinski definition) is 0. The molecule has 9 nitrogen and oxygen atoms in total. The van der Waals surface area contributed by atoms with Gasteiger partial charge < -0.3 is 9.64 Å². The number of anilines is 1. The number of imidazole rings is 1. The van der Waals surface area contributed by atoms with Crippen molar-refractivity contribution < 1.29 is 13.2 Å². The highest BCUT2D eigenvalue weighted by Crippen LogP contribution is 2.38. The average molecular weight is 688 g/mol. The van der Waals surface area contributed by atoms with E-state index in [1.165, 1.54) is 6.26 Å². The lowest BCUT2D eigenvalue weighted by molar-refractivity contribution is 0.0984. The van der Waals surface area contributed by atoms with Gasteiger partial charge in [-0.15, -0.1) is 5.10 Å². The largest absolute Gasteiger partial charge is 0.377 e. The zero-order valence-electron chi connectivity index (χ0n) is 17.5. The first kappa shape index (κ1) is 23.6. The predicted octanol–water partition coefficient (Wildman–Crippen LogP) is 3.49. The Morgan fingerprint density at radius 1 is 1.35 bits per heavy atom. The number of fused-ring (bicyclic) bond motifs is 1. The van der Waals surface area contributed by atoms with Crippen molar-refractivity contribution >= 4 is 72.2 Å². The molecule has 3 aromatic rings. The van der Waals surface area contributed by atoms with E-state index in [1.807, 2.05) is 16.6 Å². The van der Waals surface area contributed by atoms with Crippen molar-refractivity contribution in [1.82, 2.24) is 24.1 Å². The Labute approximate surface area is 209 Å². The number of halogens is 2. The molecule has 31 heavy (non-hydrogen) atoms. The van der Waals surface area contributed by atoms with Crippen LogP contribution in [0.1, 0.15) is 26.3 Å². The predicted molar refractivity (Wildman–Crippen MR) is 140 cm³/mol. The third kappa shape index (κ3) is 4.11. The minimum Gasteiger partial charge on any atom is -0.377 e. The molecule has 0 saturated carbocycles. The van der Waals surface area contributed by atoms with Crippen LogP contribution in [0.4, 0.5) is 5.82 Å². The third-order valence-electron chi connectivity index (χ3n) is 5.73. The molecule has 1 aliphatic heterocycles. The summed E-state index contributed by atoms with van der Waals surface area (Å²) in [6.45, 7) is 7.45. The van der Waals surface area contributed by atoms with Crippen LogP contribution in [-0.4, -0.2) is 64.6 Å². The van der Waals surface area contributed by atoms with E-state index in [4.69, 9.17) is 14.8 Å². The summed E-state index contributed by atoms with van der Waals surface area (Å²) in [4.78, 5) is 6.96. The van der Waals surface area contributed by atoms with E-state index in [-0.39, 0.29) is 6.04 Å². The van der Waals surface area contributed by atoms with E-state index in [2.05, 4.69) is 61.6 Å². The minimum atomic E-state index is -3.41. The number of hydrogen-bond acceptors (Lipinski definition) is 7. The van der Waals surface area contributed by atoms with Gasteiger partial charge in [0.25, 0.3) is 0 Å². The summed E-state index contributed by atoms with van der Waals surface area (Å²) in [6, 6.07) is 3.94. The Balaban J connectivity index is 2.06. The van der Waals surface area contributed by atoms with Gasteiger partial charge in [0.15, 0.2) is 15.7 Å². The molecule has 2 atom stereocenters. The highest BCUT2D eigenvalue weighted by Gasteiger charge is 2.37. The van der Waals surface area contributed by atoms with E-state index in [0.29, 0.717) is 52.6 Å². The summed E-state index contributed by atoms with van der Waals surface area (Å²) in [7, 11) is -3.41. The first-order chi connectivity index (χ1) is 14.6. The molecule has 1 fully saturated rings. The highest BCUT2D eigenvalue weighted by atomic mass is 127. The monoisotopic (exact) mass is 688 g/mol. The second-order valence-corrected chi connectivity index (χ2v) is 13.6. The Bertz CT molecular complexity index is 1240. The van der Waals surface area contributed by atoms with Crippen LogP contribution in [0.25, 0.3) is 17.0 Å². The molecule has 4 rings (SSSR count). The molecule has 0 aromatic carbocycles. The normalized spacial score (nSPS) is 18.5. The number of aromatic nitrogens is 5. The number of morpholine rings is 1. The van der Waals surface area contributed by atoms with Crippen LogP contribution in [-0.2, 0) is 19.3 Å². The van der Waals surface area contributed by atoms with Crippen LogP contribution in [0, 0.1) is 3.70 Å². The van der Waals surface area contributed by atoms with E-state index >= 15 is 0 Å². The number of rotatable bonds is 5. The topological polar surface area (TPSA) is 94.6 Å². The summed E-state index contributed by atoms with van der Waals surface area (Å²) in [5, 5.41) is 9.32. The molecule has 0 radical (unpaired) electrons. The van der Waals surface area contributed by atoms with Gasteiger partial charge in [0.1, 0.15) is 20.7 Å². The van der Waals surface area contributed by atoms with Crippen molar-refractivity contribution in [3.63, 3.8) is 0 Å². The molecule has 0 N–H and O–H groups in total. The fourth-order valence-corrected chi connectivity index (χ4v) is 6.44. The summed E-state index contributed by atoms with van der Waals surface area (Å²) in [6.07, 6.45) is 3.42. The molecule has 4 heterocycles. The fourth-order valence-electron chi connectivity index (χ4n) is 3.61. The average Bonchev–Trinajstić information content (AvgIpc) is 3.31. The van der Waals surface area contributed by atoms with Gasteiger partial charge in [0.2, 0.25) is 0 Å². The summed E-state index contributed by atoms with van der Waals surface area (Å²) < 4.78 is 34.4. The number of sulfone groups is 1. The standard InChI is InChI=1S/C18H23I2N6O3PS/c1-11-10-29-8-7-24(11)14-9-12(18(2,3)31(4,27)28)15-16(19)22-17(25(15)23-14)13-5-6-21-26(13)30-20/h5-6,9,11,30H,7-8,10H2,1-4H3/t11-/m1/s1. The number of nitrogens with zero attached hydrogens (tertiary/aromatic N) is 6. The smallest absolute Gasteiger partial charge is 0.181 e. The Morgan fingerprint density at radius 2 is 2.10 bits per heavy atom. The lowest BCUT2D eigenvalue weighted by Gasteiger charge is -2.35. The van der Waals surface area contributed by atoms with E-state index in [1.54, 1.807) is 24.6 Å². The van der Waals surface area contributed by atoms with Crippen LogP contribution in [0.5, 0.6) is 0 Å². The molecule has 0 bridgehead atoms. The Kier molecular flexibility index (Phi) is 6.58. The van der Waals surface area contributed by atoms with Crippen LogP contribution in [0.15, 0.2) is 18.3 Å². The van der Waals surface area contributed by atoms with Crippen molar-refractivity contribution in [3.8, 4) is 11.5 Å². The molecule has 168 valence electrons. The zero-order valence-corrected chi connectivity index (χ0v) is 23.6. The van der Waals surface area contributed by atoms with Gasteiger partial charge in [-0.2, -0.15) is 5.10 Å².